The van der Waals surface area contributed by atoms with Gasteiger partial charge in [0.15, 0.2) is 17.3 Å². The van der Waals surface area contributed by atoms with Crippen LogP contribution in [0.3, 0.4) is 0 Å². The lowest BCUT2D eigenvalue weighted by Crippen LogP contribution is -2.33. The van der Waals surface area contributed by atoms with Crippen LogP contribution in [0.5, 0.6) is 17.2 Å². The number of pyridine rings is 1. The van der Waals surface area contributed by atoms with E-state index in [2.05, 4.69) is 10.1 Å². The number of Topliss-reactive ketones (excluding diaryl/α,β-unsaturated/α-hetero) is 1. The Hall–Kier alpha value is -4.35. The molecule has 210 valence electrons. The van der Waals surface area contributed by atoms with Crippen LogP contribution in [0.15, 0.2) is 61.2 Å². The minimum absolute atomic E-state index is 0.0119. The first-order valence-electron chi connectivity index (χ1n) is 12.6. The summed E-state index contributed by atoms with van der Waals surface area (Å²) in [6.45, 7) is 1.57. The molecular formula is C29H31FN4O6. The van der Waals surface area contributed by atoms with Crippen molar-refractivity contribution >= 4 is 5.78 Å². The fourth-order valence-electron chi connectivity index (χ4n) is 4.32. The van der Waals surface area contributed by atoms with Crippen molar-refractivity contribution in [3.8, 4) is 28.5 Å². The molecule has 0 radical (unpaired) electrons. The van der Waals surface area contributed by atoms with E-state index >= 15 is 0 Å². The number of aliphatic hydroxyl groups is 2. The Labute approximate surface area is 231 Å². The minimum Gasteiger partial charge on any atom is -0.494 e. The Morgan fingerprint density at radius 1 is 1.05 bits per heavy atom. The molecule has 2 heterocycles. The third-order valence-electron chi connectivity index (χ3n) is 6.48. The van der Waals surface area contributed by atoms with Crippen molar-refractivity contribution < 1.29 is 33.6 Å². The van der Waals surface area contributed by atoms with Crippen LogP contribution < -0.4 is 14.2 Å². The lowest BCUT2D eigenvalue weighted by Gasteiger charge is -2.28. The Morgan fingerprint density at radius 3 is 2.50 bits per heavy atom. The summed E-state index contributed by atoms with van der Waals surface area (Å²) in [7, 11) is 2.97. The van der Waals surface area contributed by atoms with Gasteiger partial charge in [-0.05, 0) is 67.4 Å². The number of halogens is 1. The lowest BCUT2D eigenvalue weighted by molar-refractivity contribution is 0.00104. The number of nitrogens with zero attached hydrogens (tertiary/aromatic N) is 4. The van der Waals surface area contributed by atoms with Crippen LogP contribution in [0.1, 0.15) is 34.5 Å². The van der Waals surface area contributed by atoms with Gasteiger partial charge >= 0.3 is 0 Å². The van der Waals surface area contributed by atoms with Gasteiger partial charge in [-0.15, -0.1) is 0 Å². The number of aliphatic hydroxyl groups excluding tert-OH is 1. The number of benzene rings is 2. The summed E-state index contributed by atoms with van der Waals surface area (Å²) >= 11 is 0. The van der Waals surface area contributed by atoms with Crippen molar-refractivity contribution in [1.82, 2.24) is 19.7 Å². The van der Waals surface area contributed by atoms with Crippen molar-refractivity contribution in [3.63, 3.8) is 0 Å². The molecular weight excluding hydrogens is 519 g/mol. The van der Waals surface area contributed by atoms with E-state index in [9.17, 15) is 14.3 Å². The molecule has 0 fully saturated rings. The van der Waals surface area contributed by atoms with Gasteiger partial charge in [-0.1, -0.05) is 0 Å². The standard InChI is InChI=1S/C29H31FN4O6/c1-19-14-21(4-6-22(19)30)28-25(38-2)8-9-27(33-28)29(37,16-34-18-31-17-32-34)11-10-23(36)20-5-7-24(40-13-12-35)26(15-20)39-3/h4-9,14-15,17-18,35,37H,10-13,16H2,1-3H3. The van der Waals surface area contributed by atoms with E-state index < -0.39 is 5.60 Å². The van der Waals surface area contributed by atoms with Gasteiger partial charge in [0.2, 0.25) is 0 Å². The van der Waals surface area contributed by atoms with Crippen molar-refractivity contribution in [1.29, 1.82) is 0 Å². The number of methoxy groups -OCH3 is 2. The second-order valence-electron chi connectivity index (χ2n) is 9.20. The summed E-state index contributed by atoms with van der Waals surface area (Å²) in [6.07, 6.45) is 2.81. The fraction of sp³-hybridized carbons (Fsp3) is 0.310. The zero-order valence-electron chi connectivity index (χ0n) is 22.5. The van der Waals surface area contributed by atoms with Crippen molar-refractivity contribution in [2.75, 3.05) is 27.4 Å². The highest BCUT2D eigenvalue weighted by Crippen LogP contribution is 2.35. The number of ketones is 1. The molecule has 0 bridgehead atoms. The molecule has 0 saturated carbocycles. The maximum Gasteiger partial charge on any atom is 0.163 e. The zero-order chi connectivity index (χ0) is 28.7. The van der Waals surface area contributed by atoms with Crippen molar-refractivity contribution in [2.45, 2.75) is 31.9 Å². The summed E-state index contributed by atoms with van der Waals surface area (Å²) in [4.78, 5) is 21.9. The largest absolute Gasteiger partial charge is 0.494 e. The van der Waals surface area contributed by atoms with Gasteiger partial charge in [-0.2, -0.15) is 5.10 Å². The van der Waals surface area contributed by atoms with Crippen LogP contribution in [-0.4, -0.2) is 63.2 Å². The lowest BCUT2D eigenvalue weighted by atomic mass is 9.90. The smallest absolute Gasteiger partial charge is 0.163 e. The SMILES string of the molecule is COc1cc(C(=O)CCC(O)(Cn2cncn2)c2ccc(OC)c(-c3ccc(F)c(C)c3)n2)ccc1OCCO. The second-order valence-corrected chi connectivity index (χ2v) is 9.20. The second kappa shape index (κ2) is 12.7. The Kier molecular flexibility index (Phi) is 9.08. The molecule has 0 aliphatic carbocycles. The van der Waals surface area contributed by atoms with Gasteiger partial charge in [0.05, 0.1) is 33.1 Å². The van der Waals surface area contributed by atoms with E-state index in [1.165, 1.54) is 37.6 Å². The third kappa shape index (κ3) is 6.44. The number of aryl methyl sites for hydroxylation is 1. The molecule has 0 saturated heterocycles. The minimum atomic E-state index is -1.62. The summed E-state index contributed by atoms with van der Waals surface area (Å²) in [5.41, 5.74) is 0.536. The van der Waals surface area contributed by atoms with E-state index in [1.807, 2.05) is 0 Å². The third-order valence-corrected chi connectivity index (χ3v) is 6.48. The van der Waals surface area contributed by atoms with Crippen LogP contribution in [-0.2, 0) is 12.1 Å². The molecule has 10 nitrogen and oxygen atoms in total. The number of hydrogen-bond donors (Lipinski definition) is 2. The maximum atomic E-state index is 14.0. The molecule has 4 aromatic rings. The molecule has 40 heavy (non-hydrogen) atoms. The van der Waals surface area contributed by atoms with Crippen LogP contribution in [0, 0.1) is 12.7 Å². The number of carbonyl (C=O) groups is 1. The fourth-order valence-corrected chi connectivity index (χ4v) is 4.32. The van der Waals surface area contributed by atoms with Gasteiger partial charge in [-0.25, -0.2) is 19.0 Å². The van der Waals surface area contributed by atoms with E-state index in [0.717, 1.165) is 0 Å². The molecule has 1 unspecified atom stereocenters. The normalized spacial score (nSPS) is 12.6. The summed E-state index contributed by atoms with van der Waals surface area (Å²) in [5.74, 6) is 0.635. The van der Waals surface area contributed by atoms with Crippen molar-refractivity contribution in [2.24, 2.45) is 0 Å². The van der Waals surface area contributed by atoms with Crippen molar-refractivity contribution in [3.05, 3.63) is 83.8 Å². The van der Waals surface area contributed by atoms with Crippen LogP contribution >= 0.6 is 0 Å². The molecule has 0 aliphatic heterocycles. The molecule has 11 heteroatoms. The molecule has 2 aromatic carbocycles. The molecule has 0 aliphatic rings. The predicted molar refractivity (Wildman–Crippen MR) is 144 cm³/mol. The van der Waals surface area contributed by atoms with E-state index in [4.69, 9.17) is 24.3 Å². The Morgan fingerprint density at radius 2 is 1.82 bits per heavy atom. The first-order valence-corrected chi connectivity index (χ1v) is 12.6. The van der Waals surface area contributed by atoms with Crippen LogP contribution in [0.2, 0.25) is 0 Å². The zero-order valence-corrected chi connectivity index (χ0v) is 22.5. The number of hydrogen-bond acceptors (Lipinski definition) is 9. The van der Waals surface area contributed by atoms with E-state index in [0.29, 0.717) is 45.3 Å². The Bertz CT molecular complexity index is 1460. The van der Waals surface area contributed by atoms with Gasteiger partial charge in [0.1, 0.15) is 42.1 Å². The average molecular weight is 551 g/mol. The summed E-state index contributed by atoms with van der Waals surface area (Å²) in [6, 6.07) is 12.7. The van der Waals surface area contributed by atoms with E-state index in [-0.39, 0.29) is 44.2 Å². The molecule has 2 N–H and O–H groups in total. The number of ether oxygens (including phenoxy) is 3. The predicted octanol–water partition coefficient (Wildman–Crippen LogP) is 3.73. The number of rotatable bonds is 13. The van der Waals surface area contributed by atoms with Crippen LogP contribution in [0.25, 0.3) is 11.3 Å². The maximum absolute atomic E-state index is 14.0. The first-order chi connectivity index (χ1) is 19.3. The molecule has 0 amide bonds. The Balaban J connectivity index is 1.65. The quantitative estimate of drug-likeness (QED) is 0.239. The summed E-state index contributed by atoms with van der Waals surface area (Å²) < 4.78 is 31.7. The highest BCUT2D eigenvalue weighted by molar-refractivity contribution is 5.96. The van der Waals surface area contributed by atoms with Gasteiger partial charge < -0.3 is 24.4 Å². The molecule has 1 atom stereocenters. The highest BCUT2D eigenvalue weighted by Gasteiger charge is 2.34. The molecule has 2 aromatic heterocycles. The molecule has 4 rings (SSSR count). The average Bonchev–Trinajstić information content (AvgIpc) is 3.48. The number of carbonyl (C=O) groups excluding carboxylic acids is 1. The monoisotopic (exact) mass is 550 g/mol. The van der Waals surface area contributed by atoms with Gasteiger partial charge in [0.25, 0.3) is 0 Å². The summed E-state index contributed by atoms with van der Waals surface area (Å²) in [5, 5.41) is 25.1. The highest BCUT2D eigenvalue weighted by atomic mass is 19.1. The van der Waals surface area contributed by atoms with Gasteiger partial charge in [-0.3, -0.25) is 4.79 Å². The van der Waals surface area contributed by atoms with E-state index in [1.54, 1.807) is 49.4 Å². The first kappa shape index (κ1) is 28.7. The topological polar surface area (TPSA) is 129 Å². The number of aromatic nitrogens is 4. The molecule has 0 spiro atoms. The van der Waals surface area contributed by atoms with Crippen LogP contribution in [0.4, 0.5) is 4.39 Å². The van der Waals surface area contributed by atoms with Gasteiger partial charge in [0, 0.05) is 17.5 Å².